The first kappa shape index (κ1) is 19.1. The molecule has 0 spiro atoms. The number of aryl methyl sites for hydroxylation is 3. The van der Waals surface area contributed by atoms with Crippen molar-refractivity contribution in [1.29, 1.82) is 0 Å². The van der Waals surface area contributed by atoms with Crippen molar-refractivity contribution >= 4 is 27.7 Å². The Bertz CT molecular complexity index is 996. The number of benzene rings is 1. The zero-order chi connectivity index (χ0) is 19.7. The van der Waals surface area contributed by atoms with Crippen LogP contribution in [0.4, 0.5) is 0 Å². The highest BCUT2D eigenvalue weighted by Gasteiger charge is 2.22. The van der Waals surface area contributed by atoms with Gasteiger partial charge in [0.15, 0.2) is 6.61 Å². The Balaban J connectivity index is 1.79. The average molecular weight is 431 g/mol. The summed E-state index contributed by atoms with van der Waals surface area (Å²) >= 11 is 3.42. The van der Waals surface area contributed by atoms with Gasteiger partial charge in [-0.25, -0.2) is 4.79 Å². The lowest BCUT2D eigenvalue weighted by Gasteiger charge is -2.10. The Kier molecular flexibility index (Phi) is 5.32. The second-order valence-corrected chi connectivity index (χ2v) is 7.21. The van der Waals surface area contributed by atoms with Crippen molar-refractivity contribution in [2.75, 3.05) is 6.61 Å². The lowest BCUT2D eigenvalue weighted by atomic mass is 10.1. The molecule has 140 valence electrons. The number of carbonyl (C=O) groups is 2. The maximum atomic E-state index is 12.6. The van der Waals surface area contributed by atoms with E-state index in [1.54, 1.807) is 13.8 Å². The van der Waals surface area contributed by atoms with Gasteiger partial charge in [0, 0.05) is 27.1 Å². The molecule has 0 amide bonds. The first-order valence-corrected chi connectivity index (χ1v) is 9.17. The maximum Gasteiger partial charge on any atom is 0.344 e. The third-order valence-electron chi connectivity index (χ3n) is 4.39. The van der Waals surface area contributed by atoms with Gasteiger partial charge < -0.3 is 13.8 Å². The van der Waals surface area contributed by atoms with Gasteiger partial charge in [-0.05, 0) is 58.0 Å². The van der Waals surface area contributed by atoms with Crippen LogP contribution in [0.15, 0.2) is 39.3 Å². The van der Waals surface area contributed by atoms with Gasteiger partial charge in [-0.1, -0.05) is 21.1 Å². The van der Waals surface area contributed by atoms with E-state index >= 15 is 0 Å². The highest BCUT2D eigenvalue weighted by atomic mass is 79.9. The van der Waals surface area contributed by atoms with Crippen LogP contribution in [-0.2, 0) is 4.74 Å². The summed E-state index contributed by atoms with van der Waals surface area (Å²) in [6.07, 6.45) is 0. The Hall–Kier alpha value is -2.67. The molecule has 27 heavy (non-hydrogen) atoms. The van der Waals surface area contributed by atoms with Gasteiger partial charge in [0.1, 0.15) is 11.3 Å². The molecule has 0 atom stereocenters. The fraction of sp³-hybridized carbons (Fsp3) is 0.250. The van der Waals surface area contributed by atoms with Crippen molar-refractivity contribution in [2.45, 2.75) is 27.7 Å². The van der Waals surface area contributed by atoms with Gasteiger partial charge in [0.2, 0.25) is 5.78 Å². The largest absolute Gasteiger partial charge is 0.454 e. The molecule has 0 fully saturated rings. The predicted molar refractivity (Wildman–Crippen MR) is 104 cm³/mol. The third-order valence-corrected chi connectivity index (χ3v) is 4.92. The van der Waals surface area contributed by atoms with Crippen LogP contribution < -0.4 is 0 Å². The number of Topliss-reactive ketones (excluding diaryl/α,β-unsaturated/α-hetero) is 1. The lowest BCUT2D eigenvalue weighted by molar-refractivity contribution is 0.0472. The van der Waals surface area contributed by atoms with Gasteiger partial charge in [-0.2, -0.15) is 0 Å². The van der Waals surface area contributed by atoms with Gasteiger partial charge in [0.05, 0.1) is 5.69 Å². The summed E-state index contributed by atoms with van der Waals surface area (Å²) in [7, 11) is 0. The fourth-order valence-corrected chi connectivity index (χ4v) is 3.35. The van der Waals surface area contributed by atoms with Crippen LogP contribution in [0.3, 0.4) is 0 Å². The number of hydrogen-bond acceptors (Lipinski definition) is 5. The zero-order valence-electron chi connectivity index (χ0n) is 15.5. The monoisotopic (exact) mass is 430 g/mol. The van der Waals surface area contributed by atoms with Crippen LogP contribution >= 0.6 is 15.9 Å². The van der Waals surface area contributed by atoms with E-state index in [1.165, 1.54) is 0 Å². The number of ketones is 1. The quantitative estimate of drug-likeness (QED) is 0.439. The minimum absolute atomic E-state index is 0.258. The molecular weight excluding hydrogens is 412 g/mol. The summed E-state index contributed by atoms with van der Waals surface area (Å²) in [6, 6.07) is 9.64. The smallest absolute Gasteiger partial charge is 0.344 e. The Morgan fingerprint density at radius 1 is 1.15 bits per heavy atom. The molecular formula is C20H19BrN2O4. The minimum atomic E-state index is -0.610. The van der Waals surface area contributed by atoms with E-state index in [1.807, 2.05) is 48.7 Å². The summed E-state index contributed by atoms with van der Waals surface area (Å²) in [4.78, 5) is 24.8. The molecule has 6 nitrogen and oxygen atoms in total. The topological polar surface area (TPSA) is 74.3 Å². The molecule has 0 saturated carbocycles. The molecule has 0 bridgehead atoms. The summed E-state index contributed by atoms with van der Waals surface area (Å²) in [5, 5.41) is 3.72. The van der Waals surface area contributed by atoms with Gasteiger partial charge in [-0.3, -0.25) is 4.79 Å². The first-order chi connectivity index (χ1) is 12.8. The molecule has 0 unspecified atom stereocenters. The number of halogens is 1. The maximum absolute atomic E-state index is 12.6. The van der Waals surface area contributed by atoms with E-state index in [9.17, 15) is 9.59 Å². The third kappa shape index (κ3) is 3.73. The Labute approximate surface area is 165 Å². The van der Waals surface area contributed by atoms with Crippen LogP contribution in [-0.4, -0.2) is 28.1 Å². The molecule has 0 radical (unpaired) electrons. The number of carbonyl (C=O) groups excluding carboxylic acids is 2. The second-order valence-electron chi connectivity index (χ2n) is 6.30. The van der Waals surface area contributed by atoms with E-state index in [0.717, 1.165) is 21.5 Å². The Morgan fingerprint density at radius 3 is 2.41 bits per heavy atom. The number of esters is 1. The number of hydrogen-bond donors (Lipinski definition) is 0. The molecule has 2 aromatic heterocycles. The van der Waals surface area contributed by atoms with Gasteiger partial charge in [0.25, 0.3) is 0 Å². The van der Waals surface area contributed by atoms with Crippen molar-refractivity contribution in [1.82, 2.24) is 9.72 Å². The van der Waals surface area contributed by atoms with E-state index in [-0.39, 0.29) is 18.0 Å². The normalized spacial score (nSPS) is 10.9. The first-order valence-electron chi connectivity index (χ1n) is 8.37. The molecule has 3 aromatic rings. The van der Waals surface area contributed by atoms with Crippen LogP contribution in [0.25, 0.3) is 5.69 Å². The van der Waals surface area contributed by atoms with Crippen LogP contribution in [0.5, 0.6) is 0 Å². The predicted octanol–water partition coefficient (Wildman–Crippen LogP) is 4.50. The molecule has 0 aliphatic carbocycles. The van der Waals surface area contributed by atoms with E-state index < -0.39 is 5.97 Å². The minimum Gasteiger partial charge on any atom is -0.454 e. The van der Waals surface area contributed by atoms with Crippen molar-refractivity contribution in [2.24, 2.45) is 0 Å². The summed E-state index contributed by atoms with van der Waals surface area (Å²) in [6.45, 7) is 6.75. The highest BCUT2D eigenvalue weighted by molar-refractivity contribution is 9.10. The number of rotatable bonds is 5. The molecule has 0 saturated heterocycles. The van der Waals surface area contributed by atoms with Crippen LogP contribution in [0, 0.1) is 27.7 Å². The number of aromatic nitrogens is 2. The van der Waals surface area contributed by atoms with Crippen LogP contribution in [0.2, 0.25) is 0 Å². The summed E-state index contributed by atoms with van der Waals surface area (Å²) in [5.41, 5.74) is 3.92. The molecule has 0 aliphatic heterocycles. The van der Waals surface area contributed by atoms with Crippen molar-refractivity contribution < 1.29 is 18.8 Å². The highest BCUT2D eigenvalue weighted by Crippen LogP contribution is 2.23. The van der Waals surface area contributed by atoms with Crippen LogP contribution in [0.1, 0.15) is 43.6 Å². The molecule has 3 rings (SSSR count). The fourth-order valence-electron chi connectivity index (χ4n) is 3.09. The number of ether oxygens (including phenoxy) is 1. The van der Waals surface area contributed by atoms with Gasteiger partial charge in [-0.15, -0.1) is 0 Å². The average Bonchev–Trinajstić information content (AvgIpc) is 3.12. The molecule has 0 aliphatic rings. The second kappa shape index (κ2) is 7.52. The molecule has 2 heterocycles. The standard InChI is InChI=1S/C20H19BrN2O4/c1-11-9-17(13(3)23(11)16-7-5-15(21)6-8-16)18(24)10-26-20(25)19-12(2)22-27-14(19)4/h5-9H,10H2,1-4H3. The van der Waals surface area contributed by atoms with E-state index in [0.29, 0.717) is 17.0 Å². The van der Waals surface area contributed by atoms with Crippen molar-refractivity contribution in [3.05, 3.63) is 68.8 Å². The lowest BCUT2D eigenvalue weighted by Crippen LogP contribution is -2.16. The van der Waals surface area contributed by atoms with Crippen molar-refractivity contribution in [3.63, 3.8) is 0 Å². The zero-order valence-corrected chi connectivity index (χ0v) is 17.1. The van der Waals surface area contributed by atoms with E-state index in [2.05, 4.69) is 21.1 Å². The Morgan fingerprint density at radius 2 is 1.81 bits per heavy atom. The molecule has 1 aromatic carbocycles. The molecule has 7 heteroatoms. The van der Waals surface area contributed by atoms with E-state index in [4.69, 9.17) is 9.26 Å². The SMILES string of the molecule is Cc1noc(C)c1C(=O)OCC(=O)c1cc(C)n(-c2ccc(Br)cc2)c1C. The number of nitrogens with zero attached hydrogens (tertiary/aromatic N) is 2. The van der Waals surface area contributed by atoms with Gasteiger partial charge >= 0.3 is 5.97 Å². The molecule has 0 N–H and O–H groups in total. The summed E-state index contributed by atoms with van der Waals surface area (Å²) < 4.78 is 13.1. The van der Waals surface area contributed by atoms with Crippen molar-refractivity contribution in [3.8, 4) is 5.69 Å². The summed E-state index contributed by atoms with van der Waals surface area (Å²) in [5.74, 6) is -0.494.